The molecule has 0 aliphatic carbocycles. The molecule has 3 aromatic rings. The Morgan fingerprint density at radius 1 is 1.09 bits per heavy atom. The number of hydrogen-bond acceptors (Lipinski definition) is 5. The van der Waals surface area contributed by atoms with Crippen LogP contribution in [-0.2, 0) is 4.79 Å². The second-order valence-electron chi connectivity index (χ2n) is 8.10. The minimum Gasteiger partial charge on any atom is -0.497 e. The van der Waals surface area contributed by atoms with E-state index in [-0.39, 0.29) is 23.3 Å². The number of nitrogens with zero attached hydrogens (tertiary/aromatic N) is 2. The van der Waals surface area contributed by atoms with Crippen LogP contribution >= 0.6 is 0 Å². The zero-order valence-electron chi connectivity index (χ0n) is 18.6. The summed E-state index contributed by atoms with van der Waals surface area (Å²) in [6.45, 7) is 2.81. The molecule has 8 nitrogen and oxygen atoms in total. The van der Waals surface area contributed by atoms with Crippen LogP contribution in [0, 0.1) is 12.8 Å². The van der Waals surface area contributed by atoms with Crippen molar-refractivity contribution in [3.63, 3.8) is 0 Å². The first-order valence-corrected chi connectivity index (χ1v) is 10.9. The fourth-order valence-corrected chi connectivity index (χ4v) is 3.97. The number of likely N-dealkylation sites (tertiary alicyclic amines) is 1. The Hall–Kier alpha value is -3.94. The van der Waals surface area contributed by atoms with Gasteiger partial charge in [0.25, 0.3) is 11.5 Å². The summed E-state index contributed by atoms with van der Waals surface area (Å²) in [6, 6.07) is 15.7. The van der Waals surface area contributed by atoms with Crippen molar-refractivity contribution in [1.29, 1.82) is 0 Å². The minimum absolute atomic E-state index is 0.0381. The number of anilines is 1. The quantitative estimate of drug-likeness (QED) is 0.626. The number of aryl methyl sites for hydroxylation is 1. The Balaban J connectivity index is 1.36. The van der Waals surface area contributed by atoms with Crippen LogP contribution in [0.1, 0.15) is 28.9 Å². The van der Waals surface area contributed by atoms with E-state index in [0.717, 1.165) is 0 Å². The van der Waals surface area contributed by atoms with Crippen molar-refractivity contribution in [3.8, 4) is 17.1 Å². The molecule has 0 unspecified atom stereocenters. The first kappa shape index (κ1) is 22.3. The van der Waals surface area contributed by atoms with Crippen LogP contribution in [-0.4, -0.2) is 46.9 Å². The molecule has 0 spiro atoms. The smallest absolute Gasteiger partial charge is 0.253 e. The molecule has 1 saturated heterocycles. The van der Waals surface area contributed by atoms with Crippen LogP contribution in [0.2, 0.25) is 0 Å². The number of benzene rings is 2. The van der Waals surface area contributed by atoms with Gasteiger partial charge in [0.2, 0.25) is 5.91 Å². The summed E-state index contributed by atoms with van der Waals surface area (Å²) >= 11 is 0. The highest BCUT2D eigenvalue weighted by Crippen LogP contribution is 2.23. The second kappa shape index (κ2) is 9.68. The Morgan fingerprint density at radius 2 is 1.82 bits per heavy atom. The number of hydrogen-bond donors (Lipinski definition) is 2. The van der Waals surface area contributed by atoms with Crippen molar-refractivity contribution in [3.05, 3.63) is 76.2 Å². The molecule has 2 amide bonds. The van der Waals surface area contributed by atoms with Crippen molar-refractivity contribution in [1.82, 2.24) is 14.9 Å². The fourth-order valence-electron chi connectivity index (χ4n) is 3.97. The third-order valence-corrected chi connectivity index (χ3v) is 5.76. The van der Waals surface area contributed by atoms with Gasteiger partial charge in [0.15, 0.2) is 0 Å². The number of methoxy groups -OCH3 is 1. The lowest BCUT2D eigenvalue weighted by molar-refractivity contribution is -0.121. The van der Waals surface area contributed by atoms with Crippen molar-refractivity contribution in [2.45, 2.75) is 19.8 Å². The molecule has 1 aromatic heterocycles. The Labute approximate surface area is 191 Å². The number of carbonyl (C=O) groups is 2. The Kier molecular flexibility index (Phi) is 6.53. The van der Waals surface area contributed by atoms with Crippen molar-refractivity contribution >= 4 is 17.5 Å². The minimum atomic E-state index is -0.220. The molecule has 33 heavy (non-hydrogen) atoms. The molecular formula is C25H26N4O4. The van der Waals surface area contributed by atoms with Crippen LogP contribution in [0.15, 0.2) is 59.4 Å². The van der Waals surface area contributed by atoms with Gasteiger partial charge in [-0.25, -0.2) is 4.98 Å². The van der Waals surface area contributed by atoms with Crippen LogP contribution in [0.5, 0.6) is 5.75 Å². The molecular weight excluding hydrogens is 420 g/mol. The summed E-state index contributed by atoms with van der Waals surface area (Å²) in [5, 5.41) is 2.96. The van der Waals surface area contributed by atoms with Crippen molar-refractivity contribution < 1.29 is 14.3 Å². The van der Waals surface area contributed by atoms with Gasteiger partial charge in [-0.05, 0) is 56.2 Å². The van der Waals surface area contributed by atoms with Gasteiger partial charge in [-0.2, -0.15) is 0 Å². The summed E-state index contributed by atoms with van der Waals surface area (Å²) in [7, 11) is 1.59. The van der Waals surface area contributed by atoms with E-state index >= 15 is 0 Å². The van der Waals surface area contributed by atoms with E-state index < -0.39 is 0 Å². The highest BCUT2D eigenvalue weighted by Gasteiger charge is 2.28. The number of amides is 2. The molecule has 2 aromatic carbocycles. The number of H-pyrrole nitrogens is 1. The third kappa shape index (κ3) is 5.28. The number of ether oxygens (including phenoxy) is 1. The average Bonchev–Trinajstić information content (AvgIpc) is 2.83. The molecule has 8 heteroatoms. The van der Waals surface area contributed by atoms with Crippen molar-refractivity contribution in [2.24, 2.45) is 5.92 Å². The van der Waals surface area contributed by atoms with E-state index in [1.165, 1.54) is 6.07 Å². The topological polar surface area (TPSA) is 104 Å². The molecule has 1 fully saturated rings. The maximum Gasteiger partial charge on any atom is 0.253 e. The molecule has 4 rings (SSSR count). The van der Waals surface area contributed by atoms with E-state index in [9.17, 15) is 14.4 Å². The maximum atomic E-state index is 12.8. The highest BCUT2D eigenvalue weighted by molar-refractivity contribution is 5.95. The lowest BCUT2D eigenvalue weighted by Gasteiger charge is -2.31. The molecule has 2 heterocycles. The van der Waals surface area contributed by atoms with Gasteiger partial charge in [-0.3, -0.25) is 14.4 Å². The predicted molar refractivity (Wildman–Crippen MR) is 125 cm³/mol. The first-order valence-electron chi connectivity index (χ1n) is 10.9. The predicted octanol–water partition coefficient (Wildman–Crippen LogP) is 3.24. The lowest BCUT2D eigenvalue weighted by atomic mass is 9.95. The van der Waals surface area contributed by atoms with Gasteiger partial charge in [0, 0.05) is 47.6 Å². The molecule has 0 atom stereocenters. The number of piperidine rings is 1. The van der Waals surface area contributed by atoms with Gasteiger partial charge >= 0.3 is 0 Å². The van der Waals surface area contributed by atoms with Crippen LogP contribution in [0.4, 0.5) is 5.69 Å². The summed E-state index contributed by atoms with van der Waals surface area (Å²) in [6.07, 6.45) is 1.19. The normalized spacial score (nSPS) is 14.1. The Morgan fingerprint density at radius 3 is 2.48 bits per heavy atom. The molecule has 2 N–H and O–H groups in total. The van der Waals surface area contributed by atoms with Gasteiger partial charge in [-0.1, -0.05) is 12.1 Å². The van der Waals surface area contributed by atoms with Crippen LogP contribution in [0.3, 0.4) is 0 Å². The van der Waals surface area contributed by atoms with Gasteiger partial charge in [0.05, 0.1) is 7.11 Å². The number of aromatic nitrogens is 2. The van der Waals surface area contributed by atoms with E-state index in [2.05, 4.69) is 15.3 Å². The largest absolute Gasteiger partial charge is 0.497 e. The average molecular weight is 447 g/mol. The van der Waals surface area contributed by atoms with E-state index in [4.69, 9.17) is 4.74 Å². The van der Waals surface area contributed by atoms with E-state index in [1.807, 2.05) is 12.1 Å². The van der Waals surface area contributed by atoms with E-state index in [1.54, 1.807) is 55.3 Å². The zero-order chi connectivity index (χ0) is 23.4. The summed E-state index contributed by atoms with van der Waals surface area (Å²) in [5.74, 6) is 0.876. The second-order valence-corrected chi connectivity index (χ2v) is 8.10. The van der Waals surface area contributed by atoms with Gasteiger partial charge in [0.1, 0.15) is 11.6 Å². The molecule has 0 saturated carbocycles. The standard InChI is InChI=1S/C25H26N4O4/c1-16-14-22(30)28-23(26-16)19-4-3-5-20(15-19)27-24(31)17-10-12-29(13-11-17)25(32)18-6-8-21(33-2)9-7-18/h3-9,14-15,17H,10-13H2,1-2H3,(H,27,31)(H,26,28,30). The summed E-state index contributed by atoms with van der Waals surface area (Å²) < 4.78 is 5.14. The molecule has 1 aliphatic rings. The van der Waals surface area contributed by atoms with Crippen LogP contribution < -0.4 is 15.6 Å². The summed E-state index contributed by atoms with van der Waals surface area (Å²) in [5.41, 5.74) is 2.37. The van der Waals surface area contributed by atoms with Crippen molar-refractivity contribution in [2.75, 3.05) is 25.5 Å². The van der Waals surface area contributed by atoms with E-state index in [0.29, 0.717) is 60.0 Å². The first-order chi connectivity index (χ1) is 15.9. The molecule has 0 radical (unpaired) electrons. The maximum absolute atomic E-state index is 12.8. The number of aromatic amines is 1. The zero-order valence-corrected chi connectivity index (χ0v) is 18.6. The molecule has 0 bridgehead atoms. The number of rotatable bonds is 5. The number of carbonyl (C=O) groups excluding carboxylic acids is 2. The molecule has 170 valence electrons. The summed E-state index contributed by atoms with van der Waals surface area (Å²) in [4.78, 5) is 46.2. The van der Waals surface area contributed by atoms with Gasteiger partial charge < -0.3 is 19.9 Å². The Bertz CT molecular complexity index is 1210. The molecule has 1 aliphatic heterocycles. The van der Waals surface area contributed by atoms with Crippen LogP contribution in [0.25, 0.3) is 11.4 Å². The highest BCUT2D eigenvalue weighted by atomic mass is 16.5. The SMILES string of the molecule is COc1ccc(C(=O)N2CCC(C(=O)Nc3cccc(-c4nc(C)cc(=O)[nH]4)c3)CC2)cc1. The number of nitrogens with one attached hydrogen (secondary N) is 2. The third-order valence-electron chi connectivity index (χ3n) is 5.76. The lowest BCUT2D eigenvalue weighted by Crippen LogP contribution is -2.41. The van der Waals surface area contributed by atoms with Gasteiger partial charge in [-0.15, -0.1) is 0 Å². The monoisotopic (exact) mass is 446 g/mol. The fraction of sp³-hybridized carbons (Fsp3) is 0.280.